The molecule has 22 N–H and O–H groups in total. The Hall–Kier alpha value is -10.9. The van der Waals surface area contributed by atoms with Gasteiger partial charge in [-0.1, -0.05) is 88.4 Å². The number of imidazole rings is 1. The molecule has 0 unspecified atom stereocenters. The molecule has 0 aliphatic carbocycles. The number of amides is 12. The second kappa shape index (κ2) is 46.5. The third-order valence-electron chi connectivity index (χ3n) is 18.2. The molecule has 0 saturated carbocycles. The van der Waals surface area contributed by atoms with Crippen LogP contribution in [-0.2, 0) is 92.8 Å². The van der Waals surface area contributed by atoms with Crippen LogP contribution in [-0.4, -0.2) is 251 Å². The molecule has 1 saturated heterocycles. The molecule has 1 aliphatic heterocycles. The highest BCUT2D eigenvalue weighted by molar-refractivity contribution is 7.80. The molecule has 12 amide bonds. The molecule has 0 spiro atoms. The summed E-state index contributed by atoms with van der Waals surface area (Å²) in [6.45, 7) is 6.74. The molecule has 1 aliphatic rings. The fourth-order valence-corrected chi connectivity index (χ4v) is 12.5. The Kier molecular flexibility index (Phi) is 38.3. The summed E-state index contributed by atoms with van der Waals surface area (Å²) in [4.78, 5) is 201. The number of hydrogen-bond acceptors (Lipinski definition) is 22. The van der Waals surface area contributed by atoms with Crippen molar-refractivity contribution in [3.8, 4) is 5.75 Å². The molecule has 2 aromatic heterocycles. The fraction of sp³-hybridized carbons (Fsp3) is 0.500. The number of aliphatic carboxylic acids is 2. The van der Waals surface area contributed by atoms with Crippen LogP contribution in [0.5, 0.6) is 5.75 Å². The Labute approximate surface area is 670 Å². The first-order valence-electron chi connectivity index (χ1n) is 36.8. The number of benzene rings is 3. The van der Waals surface area contributed by atoms with Crippen molar-refractivity contribution >= 4 is 119 Å². The maximum atomic E-state index is 14.6. The quantitative estimate of drug-likeness (QED) is 0.0147. The van der Waals surface area contributed by atoms with Crippen LogP contribution in [0.25, 0.3) is 10.9 Å². The molecule has 3 aromatic carbocycles. The average Bonchev–Trinajstić information content (AvgIpc) is 1.73. The number of unbranched alkanes of at least 4 members (excludes halogenated alkanes) is 1. The number of nitrogens with zero attached hydrogens (tertiary/aromatic N) is 2. The highest BCUT2D eigenvalue weighted by atomic mass is 32.1. The van der Waals surface area contributed by atoms with E-state index < -0.39 is 187 Å². The number of para-hydroxylation sites is 1. The summed E-state index contributed by atoms with van der Waals surface area (Å²) in [6, 6.07) is 4.60. The first-order valence-corrected chi connectivity index (χ1v) is 38.1. The maximum absolute atomic E-state index is 14.6. The molecule has 115 heavy (non-hydrogen) atoms. The minimum Gasteiger partial charge on any atom is -0.508 e. The van der Waals surface area contributed by atoms with Crippen LogP contribution in [0.3, 0.4) is 0 Å². The molecular formula is C74H102F3N17O19S2. The number of aromatic nitrogens is 3. The zero-order chi connectivity index (χ0) is 85.4. The summed E-state index contributed by atoms with van der Waals surface area (Å²) < 4.78 is 31.7. The number of carboxylic acid groups (broad SMARTS) is 2. The van der Waals surface area contributed by atoms with Crippen molar-refractivity contribution in [1.82, 2.24) is 78.3 Å². The van der Waals surface area contributed by atoms with Crippen molar-refractivity contribution in [2.24, 2.45) is 23.3 Å². The molecule has 630 valence electrons. The van der Waals surface area contributed by atoms with Gasteiger partial charge in [0.15, 0.2) is 0 Å². The van der Waals surface area contributed by atoms with Gasteiger partial charge in [0.05, 0.1) is 31.6 Å². The standard InChI is InChI=1S/C72H101N17O17S2.C2HF3O2/c1-38(2)26-50(64(97)88-60(40(5)91)71(104)83-52(29-43-31-76-48-17-10-9-16-46(43)48)65(98)87-59(39(3)4)70(103)86-56(36-108)67(100)79-49(72(105)106)18-11-12-24-73)82-69(102)57-19-13-25-89(57)58(93)33-77-62(95)51(28-41-14-7-6-8-15-41)80-63(96)53(30-44-32-75-37-78-44)81-68(101)55(35-107)85-66(99)54(34-90)84-61(94)47(74)27-42-20-22-45(92)23-21-42;3-2(4,5)1(6)7/h6-10,14-17,20-23,31-32,37-40,47,49-57,59-60,76,90-92,107-108H,11-13,18-19,24-30,33-36,73-74H2,1-5H3,(H,75,78)(H,77,95)(H,79,100)(H,80,96)(H,81,101)(H,82,102)(H,83,104)(H,84,94)(H,85,99)(H,86,103)(H,87,98)(H,88,97)(H,105,106);(H,6,7)/t40-,47+,49+,50+,51+,52+,53+,54+,55+,56+,57+,59+,60+;/m1./s1. The number of likely N-dealkylation sites (tertiary alicyclic amines) is 1. The molecular weight excluding hydrogens is 1550 g/mol. The Morgan fingerprint density at radius 3 is 1.67 bits per heavy atom. The van der Waals surface area contributed by atoms with Gasteiger partial charge in [0.25, 0.3) is 0 Å². The molecule has 13 atom stereocenters. The lowest BCUT2D eigenvalue weighted by Gasteiger charge is -2.30. The van der Waals surface area contributed by atoms with Crippen molar-refractivity contribution < 1.29 is 106 Å². The lowest BCUT2D eigenvalue weighted by molar-refractivity contribution is -0.192. The van der Waals surface area contributed by atoms with E-state index in [1.165, 1.54) is 36.5 Å². The van der Waals surface area contributed by atoms with E-state index in [9.17, 15) is 95.9 Å². The number of nitrogens with one attached hydrogen (secondary N) is 13. The normalized spacial score (nSPS) is 15.8. The summed E-state index contributed by atoms with van der Waals surface area (Å²) >= 11 is 8.48. The van der Waals surface area contributed by atoms with E-state index in [4.69, 9.17) is 21.4 Å². The summed E-state index contributed by atoms with van der Waals surface area (Å²) in [5, 5.41) is 76.7. The van der Waals surface area contributed by atoms with E-state index in [1.54, 1.807) is 101 Å². The van der Waals surface area contributed by atoms with Crippen molar-refractivity contribution in [2.75, 3.05) is 37.7 Å². The number of phenols is 1. The van der Waals surface area contributed by atoms with Gasteiger partial charge in [-0.2, -0.15) is 38.4 Å². The van der Waals surface area contributed by atoms with Gasteiger partial charge < -0.3 is 110 Å². The number of hydrogen-bond donors (Lipinski definition) is 22. The van der Waals surface area contributed by atoms with Gasteiger partial charge in [0.1, 0.15) is 72.2 Å². The van der Waals surface area contributed by atoms with E-state index in [0.717, 1.165) is 0 Å². The number of fused-ring (bicyclic) bond motifs is 1. The highest BCUT2D eigenvalue weighted by Crippen LogP contribution is 2.22. The number of thiol groups is 2. The van der Waals surface area contributed by atoms with Gasteiger partial charge in [0, 0.05) is 66.3 Å². The van der Waals surface area contributed by atoms with Crippen LogP contribution in [0.2, 0.25) is 0 Å². The topological polar surface area (TPSA) is 572 Å². The third-order valence-corrected chi connectivity index (χ3v) is 18.9. The zero-order valence-electron chi connectivity index (χ0n) is 63.7. The summed E-state index contributed by atoms with van der Waals surface area (Å²) in [6.07, 6.45) is -1.51. The minimum atomic E-state index is -5.08. The summed E-state index contributed by atoms with van der Waals surface area (Å²) in [5.41, 5.74) is 14.4. The van der Waals surface area contributed by atoms with Crippen LogP contribution < -0.4 is 70.0 Å². The number of phenolic OH excluding ortho intramolecular Hbond substituents is 1. The van der Waals surface area contributed by atoms with Crippen LogP contribution in [0.4, 0.5) is 13.2 Å². The predicted molar refractivity (Wildman–Crippen MR) is 416 cm³/mol. The van der Waals surface area contributed by atoms with E-state index >= 15 is 0 Å². The third kappa shape index (κ3) is 30.4. The molecule has 5 aromatic rings. The lowest BCUT2D eigenvalue weighted by Crippen LogP contribution is -2.62. The Bertz CT molecular complexity index is 4110. The van der Waals surface area contributed by atoms with Crippen LogP contribution in [0.1, 0.15) is 95.5 Å². The Balaban J connectivity index is 0.00000321. The molecule has 6 rings (SSSR count). The Morgan fingerprint density at radius 2 is 1.10 bits per heavy atom. The molecule has 0 radical (unpaired) electrons. The first kappa shape index (κ1) is 94.7. The second-order valence-corrected chi connectivity index (χ2v) is 28.8. The number of nitrogens with two attached hydrogens (primary N) is 2. The largest absolute Gasteiger partial charge is 0.508 e. The number of halogens is 3. The minimum absolute atomic E-state index is 0.00274. The number of carbonyl (C=O) groups excluding carboxylic acids is 12. The van der Waals surface area contributed by atoms with E-state index in [0.29, 0.717) is 59.1 Å². The maximum Gasteiger partial charge on any atom is 0.490 e. The zero-order valence-corrected chi connectivity index (χ0v) is 65.5. The van der Waals surface area contributed by atoms with Gasteiger partial charge in [-0.25, -0.2) is 14.6 Å². The number of aliphatic hydroxyl groups excluding tert-OH is 2. The number of aromatic hydroxyl groups is 1. The van der Waals surface area contributed by atoms with Gasteiger partial charge >= 0.3 is 18.1 Å². The van der Waals surface area contributed by atoms with E-state index in [-0.39, 0.29) is 74.7 Å². The highest BCUT2D eigenvalue weighted by Gasteiger charge is 2.41. The van der Waals surface area contributed by atoms with Crippen LogP contribution >= 0.6 is 25.3 Å². The number of carboxylic acids is 2. The number of aromatic amines is 2. The van der Waals surface area contributed by atoms with E-state index in [2.05, 4.69) is 98.7 Å². The molecule has 0 bridgehead atoms. The Morgan fingerprint density at radius 1 is 0.591 bits per heavy atom. The fourth-order valence-electron chi connectivity index (χ4n) is 12.0. The van der Waals surface area contributed by atoms with Crippen molar-refractivity contribution in [1.29, 1.82) is 0 Å². The van der Waals surface area contributed by atoms with Gasteiger partial charge in [0.2, 0.25) is 70.9 Å². The summed E-state index contributed by atoms with van der Waals surface area (Å²) in [7, 11) is 0. The number of H-pyrrole nitrogens is 2. The SMILES string of the molecule is CC(C)C[C@H](NC(=O)[C@@H]1CCCN1C(=O)CNC(=O)[C@H](Cc1ccccc1)NC(=O)[C@H](Cc1cnc[nH]1)NC(=O)[C@H](CS)NC(=O)[C@H](CO)NC(=O)[C@@H](N)Cc1ccc(O)cc1)C(=O)N[C@H](C(=O)N[C@@H](Cc1c[nH]c2ccccc12)C(=O)N[C@H](C(=O)N[C@@H](CS)C(=O)N[C@@H](CCCCN)C(=O)O)C(C)C)[C@@H](C)O.O=C(O)C(F)(F)F. The van der Waals surface area contributed by atoms with Crippen molar-refractivity contribution in [2.45, 2.75) is 184 Å². The van der Waals surface area contributed by atoms with Gasteiger partial charge in [-0.05, 0) is 105 Å². The smallest absolute Gasteiger partial charge is 0.490 e. The number of aliphatic hydroxyl groups is 2. The van der Waals surface area contributed by atoms with Crippen LogP contribution in [0, 0.1) is 11.8 Å². The van der Waals surface area contributed by atoms with E-state index in [1.807, 2.05) is 0 Å². The van der Waals surface area contributed by atoms with Gasteiger partial charge in [-0.3, -0.25) is 57.5 Å². The molecule has 41 heteroatoms. The van der Waals surface area contributed by atoms with Crippen LogP contribution in [0.15, 0.2) is 97.6 Å². The lowest BCUT2D eigenvalue weighted by atomic mass is 9.99. The van der Waals surface area contributed by atoms with Crippen molar-refractivity contribution in [3.05, 3.63) is 120 Å². The molecule has 3 heterocycles. The molecule has 36 nitrogen and oxygen atoms in total. The van der Waals surface area contributed by atoms with Gasteiger partial charge in [-0.15, -0.1) is 0 Å². The van der Waals surface area contributed by atoms with Crippen molar-refractivity contribution in [3.63, 3.8) is 0 Å². The monoisotopic (exact) mass is 1650 g/mol. The number of alkyl halides is 3. The first-order chi connectivity index (χ1) is 54.4. The summed E-state index contributed by atoms with van der Waals surface area (Å²) in [5.74, 6) is -16.1. The number of carbonyl (C=O) groups is 14. The molecule has 1 fully saturated rings. The number of rotatable bonds is 43. The predicted octanol–water partition coefficient (Wildman–Crippen LogP) is -2.07. The average molecular weight is 1650 g/mol. The second-order valence-electron chi connectivity index (χ2n) is 28.0.